The number of aliphatic hydroxyl groups is 1. The first-order chi connectivity index (χ1) is 13.0. The number of amidine groups is 1. The van der Waals surface area contributed by atoms with Crippen molar-refractivity contribution in [3.05, 3.63) is 59.8 Å². The summed E-state index contributed by atoms with van der Waals surface area (Å²) in [6.07, 6.45) is 1.94. The van der Waals surface area contributed by atoms with Gasteiger partial charge in [0, 0.05) is 29.6 Å². The monoisotopic (exact) mass is 358 g/mol. The molecule has 3 aromatic rings. The van der Waals surface area contributed by atoms with Gasteiger partial charge in [0.1, 0.15) is 5.84 Å². The number of aliphatic imine (C=N–C) groups is 1. The number of nitrogens with zero attached hydrogens (tertiary/aromatic N) is 3. The van der Waals surface area contributed by atoms with Crippen molar-refractivity contribution in [1.29, 1.82) is 0 Å². The predicted molar refractivity (Wildman–Crippen MR) is 106 cm³/mol. The zero-order chi connectivity index (χ0) is 18.8. The molecule has 1 fully saturated rings. The molecule has 1 unspecified atom stereocenters. The lowest BCUT2D eigenvalue weighted by atomic mass is 9.87. The first-order valence-electron chi connectivity index (χ1n) is 8.85. The number of aryl methyl sites for hydroxylation is 1. The van der Waals surface area contributed by atoms with Gasteiger partial charge in [-0.1, -0.05) is 11.6 Å². The molecule has 2 aliphatic rings. The van der Waals surface area contributed by atoms with Crippen LogP contribution < -0.4 is 10.6 Å². The lowest BCUT2D eigenvalue weighted by molar-refractivity contribution is 0.0602. The molecular weight excluding hydrogens is 340 g/mol. The van der Waals surface area contributed by atoms with Crippen LogP contribution in [-0.2, 0) is 0 Å². The van der Waals surface area contributed by atoms with Crippen LogP contribution >= 0.6 is 0 Å². The van der Waals surface area contributed by atoms with E-state index in [1.165, 1.54) is 0 Å². The highest BCUT2D eigenvalue weighted by Gasteiger charge is 2.52. The lowest BCUT2D eigenvalue weighted by Gasteiger charge is -2.30. The Labute approximate surface area is 156 Å². The van der Waals surface area contributed by atoms with Gasteiger partial charge in [-0.05, 0) is 43.3 Å². The van der Waals surface area contributed by atoms with E-state index in [1.54, 1.807) is 12.3 Å². The Morgan fingerprint density at radius 1 is 1.19 bits per heavy atom. The molecule has 0 bridgehead atoms. The molecule has 3 N–H and O–H groups in total. The Bertz CT molecular complexity index is 1150. The van der Waals surface area contributed by atoms with Crippen LogP contribution in [0.5, 0.6) is 0 Å². The van der Waals surface area contributed by atoms with Gasteiger partial charge in [-0.25, -0.2) is 4.99 Å². The van der Waals surface area contributed by atoms with Gasteiger partial charge in [-0.3, -0.25) is 9.78 Å². The molecule has 1 atom stereocenters. The Morgan fingerprint density at radius 2 is 2.04 bits per heavy atom. The maximum absolute atomic E-state index is 13.0. The first kappa shape index (κ1) is 16.0. The Balaban J connectivity index is 1.65. The summed E-state index contributed by atoms with van der Waals surface area (Å²) in [7, 11) is 0. The van der Waals surface area contributed by atoms with Crippen LogP contribution in [-0.4, -0.2) is 33.9 Å². The van der Waals surface area contributed by atoms with Crippen molar-refractivity contribution in [1.82, 2.24) is 4.98 Å². The first-order valence-corrected chi connectivity index (χ1v) is 8.85. The number of Topliss-reactive ketones (excluding diaryl/α,β-unsaturated/α-hetero) is 1. The molecule has 2 aromatic carbocycles. The van der Waals surface area contributed by atoms with Gasteiger partial charge in [0.15, 0.2) is 5.60 Å². The van der Waals surface area contributed by atoms with Crippen LogP contribution in [0, 0.1) is 6.92 Å². The SMILES string of the molecule is Cc1ccc2c(c1)C(=O)C1(O)CCN(c3ccc4ncc(N)cc4c3)C1=N2. The largest absolute Gasteiger partial charge is 0.397 e. The molecule has 6 heteroatoms. The average molecular weight is 358 g/mol. The number of fused-ring (bicyclic) bond motifs is 3. The molecule has 0 spiro atoms. The van der Waals surface area contributed by atoms with Gasteiger partial charge in [0.2, 0.25) is 5.78 Å². The molecule has 134 valence electrons. The summed E-state index contributed by atoms with van der Waals surface area (Å²) in [5, 5.41) is 12.1. The molecule has 0 aliphatic carbocycles. The van der Waals surface area contributed by atoms with Crippen LogP contribution in [0.15, 0.2) is 53.7 Å². The van der Waals surface area contributed by atoms with E-state index in [0.717, 1.165) is 22.2 Å². The number of hydrogen-bond donors (Lipinski definition) is 2. The van der Waals surface area contributed by atoms with Crippen molar-refractivity contribution >= 4 is 39.6 Å². The van der Waals surface area contributed by atoms with Gasteiger partial charge in [0.25, 0.3) is 0 Å². The van der Waals surface area contributed by atoms with Crippen molar-refractivity contribution in [3.8, 4) is 0 Å². The molecule has 1 saturated heterocycles. The van der Waals surface area contributed by atoms with E-state index in [0.29, 0.717) is 35.7 Å². The van der Waals surface area contributed by atoms with Gasteiger partial charge >= 0.3 is 0 Å². The third-order valence-corrected chi connectivity index (χ3v) is 5.32. The summed E-state index contributed by atoms with van der Waals surface area (Å²) in [6, 6.07) is 13.2. The molecule has 0 radical (unpaired) electrons. The summed E-state index contributed by atoms with van der Waals surface area (Å²) in [4.78, 5) is 23.9. The molecular formula is C21H18N4O2. The zero-order valence-electron chi connectivity index (χ0n) is 14.8. The van der Waals surface area contributed by atoms with Crippen LogP contribution in [0.3, 0.4) is 0 Å². The third kappa shape index (κ3) is 2.27. The second-order valence-corrected chi connectivity index (χ2v) is 7.19. The Hall–Kier alpha value is -3.25. The second kappa shape index (κ2) is 5.37. The maximum atomic E-state index is 13.0. The molecule has 0 amide bonds. The molecule has 6 nitrogen and oxygen atoms in total. The highest BCUT2D eigenvalue weighted by atomic mass is 16.3. The minimum absolute atomic E-state index is 0.277. The minimum atomic E-state index is -1.58. The molecule has 3 heterocycles. The van der Waals surface area contributed by atoms with E-state index in [1.807, 2.05) is 48.2 Å². The number of pyridine rings is 1. The second-order valence-electron chi connectivity index (χ2n) is 7.19. The van der Waals surface area contributed by atoms with Crippen molar-refractivity contribution in [3.63, 3.8) is 0 Å². The fourth-order valence-corrected chi connectivity index (χ4v) is 3.90. The highest BCUT2D eigenvalue weighted by Crippen LogP contribution is 2.40. The van der Waals surface area contributed by atoms with Crippen LogP contribution in [0.4, 0.5) is 17.1 Å². The van der Waals surface area contributed by atoms with Crippen molar-refractivity contribution < 1.29 is 9.90 Å². The number of nitrogen functional groups attached to an aromatic ring is 1. The zero-order valence-corrected chi connectivity index (χ0v) is 14.8. The summed E-state index contributed by atoms with van der Waals surface area (Å²) >= 11 is 0. The topological polar surface area (TPSA) is 91.8 Å². The van der Waals surface area contributed by atoms with E-state index < -0.39 is 5.60 Å². The van der Waals surface area contributed by atoms with E-state index in [2.05, 4.69) is 9.98 Å². The maximum Gasteiger partial charge on any atom is 0.204 e. The predicted octanol–water partition coefficient (Wildman–Crippen LogP) is 2.99. The number of ketones is 1. The number of anilines is 2. The van der Waals surface area contributed by atoms with Gasteiger partial charge in [0.05, 0.1) is 23.1 Å². The number of carbonyl (C=O) groups is 1. The van der Waals surface area contributed by atoms with Crippen LogP contribution in [0.1, 0.15) is 22.3 Å². The smallest absolute Gasteiger partial charge is 0.204 e. The number of aromatic nitrogens is 1. The molecule has 0 saturated carbocycles. The van der Waals surface area contributed by atoms with Crippen molar-refractivity contribution in [2.45, 2.75) is 18.9 Å². The van der Waals surface area contributed by atoms with E-state index in [-0.39, 0.29) is 5.78 Å². The molecule has 2 aliphatic heterocycles. The van der Waals surface area contributed by atoms with Crippen LogP contribution in [0.25, 0.3) is 10.9 Å². The minimum Gasteiger partial charge on any atom is -0.397 e. The quantitative estimate of drug-likeness (QED) is 0.698. The standard InChI is InChI=1S/C21H18N4O2/c1-12-2-4-18-16(8-12)19(26)21(27)6-7-25(20(21)24-18)15-3-5-17-13(10-15)9-14(22)11-23-17/h2-5,8-11,27H,6-7,22H2,1H3. The Morgan fingerprint density at radius 3 is 2.89 bits per heavy atom. The highest BCUT2D eigenvalue weighted by molar-refractivity contribution is 6.28. The Kier molecular flexibility index (Phi) is 3.18. The summed E-state index contributed by atoms with van der Waals surface area (Å²) in [5.41, 5.74) is 8.61. The van der Waals surface area contributed by atoms with Crippen molar-refractivity contribution in [2.24, 2.45) is 4.99 Å². The van der Waals surface area contributed by atoms with Gasteiger partial charge in [-0.15, -0.1) is 0 Å². The van der Waals surface area contributed by atoms with E-state index >= 15 is 0 Å². The van der Waals surface area contributed by atoms with Crippen molar-refractivity contribution in [2.75, 3.05) is 17.2 Å². The third-order valence-electron chi connectivity index (χ3n) is 5.32. The summed E-state index contributed by atoms with van der Waals surface area (Å²) in [6.45, 7) is 2.43. The summed E-state index contributed by atoms with van der Waals surface area (Å²) in [5.74, 6) is 0.112. The van der Waals surface area contributed by atoms with Gasteiger partial charge in [-0.2, -0.15) is 0 Å². The fraction of sp³-hybridized carbons (Fsp3) is 0.190. The normalized spacial score (nSPS) is 21.2. The number of carbonyl (C=O) groups excluding carboxylic acids is 1. The number of hydrogen-bond acceptors (Lipinski definition) is 6. The molecule has 27 heavy (non-hydrogen) atoms. The van der Waals surface area contributed by atoms with Crippen LogP contribution in [0.2, 0.25) is 0 Å². The molecule has 5 rings (SSSR count). The van der Waals surface area contributed by atoms with E-state index in [4.69, 9.17) is 5.73 Å². The number of rotatable bonds is 1. The van der Waals surface area contributed by atoms with Gasteiger partial charge < -0.3 is 15.7 Å². The molecule has 1 aromatic heterocycles. The average Bonchev–Trinajstić information content (AvgIpc) is 3.00. The number of nitrogens with two attached hydrogens (primary N) is 1. The summed E-state index contributed by atoms with van der Waals surface area (Å²) < 4.78 is 0. The van der Waals surface area contributed by atoms with E-state index in [9.17, 15) is 9.90 Å². The number of benzene rings is 2. The fourth-order valence-electron chi connectivity index (χ4n) is 3.90. The lowest BCUT2D eigenvalue weighted by Crippen LogP contribution is -2.48.